The Bertz CT molecular complexity index is 534. The van der Waals surface area contributed by atoms with Crippen molar-refractivity contribution >= 4 is 27.4 Å². The lowest BCUT2D eigenvalue weighted by atomic mass is 9.82. The van der Waals surface area contributed by atoms with Crippen molar-refractivity contribution in [3.05, 3.63) is 17.8 Å². The van der Waals surface area contributed by atoms with Gasteiger partial charge in [0.15, 0.2) is 0 Å². The number of aliphatic hydroxyl groups is 1. The number of nitrogens with zero attached hydrogens (tertiary/aromatic N) is 2. The number of hydrogen-bond acceptors (Lipinski definition) is 5. The van der Waals surface area contributed by atoms with Gasteiger partial charge in [-0.1, -0.05) is 19.3 Å². The van der Waals surface area contributed by atoms with Crippen LogP contribution in [0.5, 0.6) is 0 Å². The molecule has 2 aromatic rings. The van der Waals surface area contributed by atoms with E-state index in [9.17, 15) is 5.11 Å². The van der Waals surface area contributed by atoms with E-state index in [1.807, 2.05) is 11.4 Å². The molecule has 0 bridgehead atoms. The first-order chi connectivity index (χ1) is 8.83. The van der Waals surface area contributed by atoms with Crippen LogP contribution in [-0.2, 0) is 0 Å². The molecule has 18 heavy (non-hydrogen) atoms. The molecule has 96 valence electrons. The van der Waals surface area contributed by atoms with Crippen LogP contribution < -0.4 is 5.32 Å². The third-order valence-electron chi connectivity index (χ3n) is 3.76. The van der Waals surface area contributed by atoms with Crippen molar-refractivity contribution in [3.8, 4) is 0 Å². The van der Waals surface area contributed by atoms with Crippen LogP contribution in [0.1, 0.15) is 32.1 Å². The fraction of sp³-hybridized carbons (Fsp3) is 0.538. The number of aliphatic hydroxyl groups excluding tert-OH is 1. The van der Waals surface area contributed by atoms with Crippen molar-refractivity contribution in [2.45, 2.75) is 37.6 Å². The molecule has 0 amide bonds. The lowest BCUT2D eigenvalue weighted by Crippen LogP contribution is -2.44. The Labute approximate surface area is 110 Å². The minimum Gasteiger partial charge on any atom is -0.394 e. The second kappa shape index (κ2) is 4.82. The molecule has 1 aliphatic rings. The van der Waals surface area contributed by atoms with Gasteiger partial charge in [-0.05, 0) is 24.3 Å². The number of aromatic nitrogens is 2. The summed E-state index contributed by atoms with van der Waals surface area (Å²) in [5.74, 6) is 0.859. The highest BCUT2D eigenvalue weighted by molar-refractivity contribution is 7.16. The van der Waals surface area contributed by atoms with Crippen molar-refractivity contribution in [2.24, 2.45) is 0 Å². The third-order valence-corrected chi connectivity index (χ3v) is 4.58. The number of thiophene rings is 1. The molecule has 5 heteroatoms. The van der Waals surface area contributed by atoms with Gasteiger partial charge >= 0.3 is 0 Å². The molecule has 1 aliphatic carbocycles. The lowest BCUT2D eigenvalue weighted by Gasteiger charge is -2.37. The van der Waals surface area contributed by atoms with E-state index < -0.39 is 0 Å². The summed E-state index contributed by atoms with van der Waals surface area (Å²) in [5.41, 5.74) is -0.193. The zero-order valence-electron chi connectivity index (χ0n) is 10.2. The predicted molar refractivity (Wildman–Crippen MR) is 73.9 cm³/mol. The Hall–Kier alpha value is -1.20. The Morgan fingerprint density at radius 2 is 2.11 bits per heavy atom. The number of fused-ring (bicyclic) bond motifs is 1. The van der Waals surface area contributed by atoms with Gasteiger partial charge in [-0.2, -0.15) is 0 Å². The summed E-state index contributed by atoms with van der Waals surface area (Å²) in [6.07, 6.45) is 7.23. The molecule has 2 N–H and O–H groups in total. The molecule has 3 rings (SSSR count). The van der Waals surface area contributed by atoms with E-state index in [0.717, 1.165) is 28.9 Å². The van der Waals surface area contributed by atoms with Crippen LogP contribution in [0.25, 0.3) is 10.2 Å². The maximum absolute atomic E-state index is 9.72. The molecule has 2 aromatic heterocycles. The van der Waals surface area contributed by atoms with Crippen molar-refractivity contribution in [1.29, 1.82) is 0 Å². The average Bonchev–Trinajstić information content (AvgIpc) is 2.89. The van der Waals surface area contributed by atoms with Crippen LogP contribution >= 0.6 is 11.3 Å². The molecule has 2 heterocycles. The molecule has 4 nitrogen and oxygen atoms in total. The second-order valence-electron chi connectivity index (χ2n) is 4.99. The molecule has 0 radical (unpaired) electrons. The van der Waals surface area contributed by atoms with Gasteiger partial charge in [0.1, 0.15) is 17.0 Å². The van der Waals surface area contributed by atoms with Crippen molar-refractivity contribution in [2.75, 3.05) is 11.9 Å². The fourth-order valence-electron chi connectivity index (χ4n) is 2.69. The van der Waals surface area contributed by atoms with E-state index in [-0.39, 0.29) is 12.1 Å². The average molecular weight is 263 g/mol. The molecular formula is C13H17N3OS. The maximum atomic E-state index is 9.72. The molecule has 1 fully saturated rings. The van der Waals surface area contributed by atoms with Crippen LogP contribution in [0.15, 0.2) is 17.8 Å². The van der Waals surface area contributed by atoms with E-state index >= 15 is 0 Å². The van der Waals surface area contributed by atoms with Gasteiger partial charge in [-0.25, -0.2) is 9.97 Å². The van der Waals surface area contributed by atoms with Gasteiger partial charge in [-0.15, -0.1) is 11.3 Å². The second-order valence-corrected chi connectivity index (χ2v) is 5.88. The minimum atomic E-state index is -0.193. The van der Waals surface area contributed by atoms with Gasteiger partial charge in [-0.3, -0.25) is 0 Å². The van der Waals surface area contributed by atoms with Crippen LogP contribution in [-0.4, -0.2) is 27.2 Å². The Morgan fingerprint density at radius 1 is 1.28 bits per heavy atom. The monoisotopic (exact) mass is 263 g/mol. The topological polar surface area (TPSA) is 58.0 Å². The molecular weight excluding hydrogens is 246 g/mol. The Morgan fingerprint density at radius 3 is 2.89 bits per heavy atom. The van der Waals surface area contributed by atoms with E-state index in [1.54, 1.807) is 17.7 Å². The van der Waals surface area contributed by atoms with E-state index in [4.69, 9.17) is 0 Å². The van der Waals surface area contributed by atoms with E-state index in [0.29, 0.717) is 0 Å². The summed E-state index contributed by atoms with van der Waals surface area (Å²) in [4.78, 5) is 9.58. The third kappa shape index (κ3) is 2.08. The van der Waals surface area contributed by atoms with Crippen molar-refractivity contribution in [1.82, 2.24) is 9.97 Å². The van der Waals surface area contributed by atoms with Crippen molar-refractivity contribution < 1.29 is 5.11 Å². The zero-order valence-corrected chi connectivity index (χ0v) is 11.0. The summed E-state index contributed by atoms with van der Waals surface area (Å²) >= 11 is 1.62. The Kier molecular flexibility index (Phi) is 3.18. The standard InChI is InChI=1S/C13H17N3OS/c17-8-13(5-2-1-3-6-13)16-11-10-4-7-18-12(10)15-9-14-11/h4,7,9,17H,1-3,5-6,8H2,(H,14,15,16). The molecule has 0 aliphatic heterocycles. The molecule has 0 aromatic carbocycles. The van der Waals surface area contributed by atoms with Crippen LogP contribution in [0, 0.1) is 0 Å². The first-order valence-electron chi connectivity index (χ1n) is 6.40. The zero-order chi connectivity index (χ0) is 12.4. The summed E-state index contributed by atoms with van der Waals surface area (Å²) in [5, 5.41) is 16.3. The molecule has 0 atom stereocenters. The predicted octanol–water partition coefficient (Wildman–Crippen LogP) is 2.80. The highest BCUT2D eigenvalue weighted by atomic mass is 32.1. The number of rotatable bonds is 3. The molecule has 0 spiro atoms. The van der Waals surface area contributed by atoms with Gasteiger partial charge in [0.05, 0.1) is 17.5 Å². The largest absolute Gasteiger partial charge is 0.394 e. The molecule has 0 saturated heterocycles. The summed E-state index contributed by atoms with van der Waals surface area (Å²) in [7, 11) is 0. The van der Waals surface area contributed by atoms with E-state index in [1.165, 1.54) is 19.3 Å². The highest BCUT2D eigenvalue weighted by Crippen LogP contribution is 2.33. The minimum absolute atomic E-state index is 0.169. The number of nitrogens with one attached hydrogen (secondary N) is 1. The van der Waals surface area contributed by atoms with Gasteiger partial charge in [0, 0.05) is 0 Å². The van der Waals surface area contributed by atoms with Crippen molar-refractivity contribution in [3.63, 3.8) is 0 Å². The van der Waals surface area contributed by atoms with Crippen LogP contribution in [0.2, 0.25) is 0 Å². The SMILES string of the molecule is OCC1(Nc2ncnc3sccc23)CCCCC1. The van der Waals surface area contributed by atoms with Gasteiger partial charge < -0.3 is 10.4 Å². The fourth-order valence-corrected chi connectivity index (χ4v) is 3.42. The summed E-state index contributed by atoms with van der Waals surface area (Å²) in [6.45, 7) is 0.169. The first-order valence-corrected chi connectivity index (χ1v) is 7.28. The summed E-state index contributed by atoms with van der Waals surface area (Å²) in [6, 6.07) is 2.04. The molecule has 0 unspecified atom stereocenters. The highest BCUT2D eigenvalue weighted by Gasteiger charge is 2.32. The normalized spacial score (nSPS) is 18.9. The maximum Gasteiger partial charge on any atom is 0.138 e. The lowest BCUT2D eigenvalue weighted by molar-refractivity contribution is 0.172. The number of hydrogen-bond donors (Lipinski definition) is 2. The number of anilines is 1. The van der Waals surface area contributed by atoms with Gasteiger partial charge in [0.25, 0.3) is 0 Å². The van der Waals surface area contributed by atoms with Crippen LogP contribution in [0.4, 0.5) is 5.82 Å². The smallest absolute Gasteiger partial charge is 0.138 e. The Balaban J connectivity index is 1.92. The van der Waals surface area contributed by atoms with Crippen LogP contribution in [0.3, 0.4) is 0 Å². The van der Waals surface area contributed by atoms with E-state index in [2.05, 4.69) is 15.3 Å². The summed E-state index contributed by atoms with van der Waals surface area (Å²) < 4.78 is 0. The van der Waals surface area contributed by atoms with Gasteiger partial charge in [0.2, 0.25) is 0 Å². The first kappa shape index (κ1) is 11.9. The quantitative estimate of drug-likeness (QED) is 0.894. The molecule has 1 saturated carbocycles.